The average Bonchev–Trinajstić information content (AvgIpc) is 3.13. The molecule has 28 heavy (non-hydrogen) atoms. The molecule has 1 aromatic heterocycles. The molecule has 2 aromatic carbocycles. The van der Waals surface area contributed by atoms with E-state index >= 15 is 0 Å². The van der Waals surface area contributed by atoms with Gasteiger partial charge in [-0.25, -0.2) is 0 Å². The first kappa shape index (κ1) is 19.8. The molecule has 3 aromatic rings. The fraction of sp³-hybridized carbons (Fsp3) is 0.286. The van der Waals surface area contributed by atoms with Crippen LogP contribution in [0.5, 0.6) is 16.7 Å². The second-order valence-corrected chi connectivity index (χ2v) is 7.45. The van der Waals surface area contributed by atoms with E-state index in [0.29, 0.717) is 41.2 Å². The van der Waals surface area contributed by atoms with Gasteiger partial charge in [0.15, 0.2) is 5.82 Å². The summed E-state index contributed by atoms with van der Waals surface area (Å²) >= 11 is 1.19. The van der Waals surface area contributed by atoms with E-state index in [4.69, 9.17) is 9.47 Å². The first-order chi connectivity index (χ1) is 13.5. The lowest BCUT2D eigenvalue weighted by Gasteiger charge is -2.08. The number of rotatable bonds is 8. The highest BCUT2D eigenvalue weighted by atomic mass is 32.1. The van der Waals surface area contributed by atoms with Gasteiger partial charge < -0.3 is 14.8 Å². The number of carbonyl (C=O) groups excluding carboxylic acids is 1. The Bertz CT molecular complexity index is 940. The van der Waals surface area contributed by atoms with E-state index in [1.54, 1.807) is 31.4 Å². The largest absolute Gasteiger partial charge is 0.497 e. The van der Waals surface area contributed by atoms with Gasteiger partial charge in [0.05, 0.1) is 7.11 Å². The predicted molar refractivity (Wildman–Crippen MR) is 109 cm³/mol. The number of nitrogens with one attached hydrogen (secondary N) is 1. The molecular weight excluding hydrogens is 374 g/mol. The summed E-state index contributed by atoms with van der Waals surface area (Å²) in [6.45, 7) is 4.74. The summed E-state index contributed by atoms with van der Waals surface area (Å²) in [5.74, 6) is 2.32. The molecule has 0 saturated carbocycles. The Balaban J connectivity index is 1.64. The van der Waals surface area contributed by atoms with Gasteiger partial charge in [-0.3, -0.25) is 4.79 Å². The third kappa shape index (κ3) is 5.53. The molecule has 0 aliphatic heterocycles. The standard InChI is InChI=1S/C21H23N3O3S/c1-14(2)13-22-20(25)16-7-5-9-18(12-16)27-21-23-19(24-28-21)11-15-6-4-8-17(10-15)26-3/h4-10,12,14H,11,13H2,1-3H3,(H,22,25). The quantitative estimate of drug-likeness (QED) is 0.613. The number of carbonyl (C=O) groups is 1. The lowest BCUT2D eigenvalue weighted by Crippen LogP contribution is -2.27. The zero-order valence-corrected chi connectivity index (χ0v) is 17.0. The van der Waals surface area contributed by atoms with Gasteiger partial charge in [-0.2, -0.15) is 9.36 Å². The Kier molecular flexibility index (Phi) is 6.60. The van der Waals surface area contributed by atoms with Gasteiger partial charge in [-0.05, 0) is 41.8 Å². The van der Waals surface area contributed by atoms with Gasteiger partial charge >= 0.3 is 0 Å². The summed E-state index contributed by atoms with van der Waals surface area (Å²) < 4.78 is 15.4. The summed E-state index contributed by atoms with van der Waals surface area (Å²) in [5, 5.41) is 3.34. The summed E-state index contributed by atoms with van der Waals surface area (Å²) in [7, 11) is 1.64. The molecule has 0 aliphatic carbocycles. The molecule has 0 unspecified atom stereocenters. The monoisotopic (exact) mass is 397 g/mol. The van der Waals surface area contributed by atoms with Crippen molar-refractivity contribution >= 4 is 17.4 Å². The molecule has 0 aliphatic rings. The van der Waals surface area contributed by atoms with Crippen molar-refractivity contribution in [2.45, 2.75) is 20.3 Å². The SMILES string of the molecule is COc1cccc(Cc2nsc(Oc3cccc(C(=O)NCC(C)C)c3)n2)c1. The Labute approximate surface area is 168 Å². The van der Waals surface area contributed by atoms with Gasteiger partial charge in [0, 0.05) is 30.1 Å². The maximum absolute atomic E-state index is 12.2. The number of hydrogen-bond acceptors (Lipinski definition) is 6. The highest BCUT2D eigenvalue weighted by Crippen LogP contribution is 2.25. The first-order valence-corrected chi connectivity index (χ1v) is 9.82. The molecule has 0 atom stereocenters. The van der Waals surface area contributed by atoms with Crippen LogP contribution < -0.4 is 14.8 Å². The molecule has 146 valence electrons. The minimum Gasteiger partial charge on any atom is -0.497 e. The molecule has 0 saturated heterocycles. The smallest absolute Gasteiger partial charge is 0.298 e. The van der Waals surface area contributed by atoms with Gasteiger partial charge in [-0.1, -0.05) is 32.0 Å². The highest BCUT2D eigenvalue weighted by molar-refractivity contribution is 7.07. The van der Waals surface area contributed by atoms with Crippen molar-refractivity contribution in [1.82, 2.24) is 14.7 Å². The van der Waals surface area contributed by atoms with E-state index in [9.17, 15) is 4.79 Å². The first-order valence-electron chi connectivity index (χ1n) is 9.05. The molecule has 6 nitrogen and oxygen atoms in total. The molecule has 0 fully saturated rings. The Morgan fingerprint density at radius 2 is 1.93 bits per heavy atom. The van der Waals surface area contributed by atoms with Crippen molar-refractivity contribution in [2.24, 2.45) is 5.92 Å². The van der Waals surface area contributed by atoms with Crippen molar-refractivity contribution in [3.63, 3.8) is 0 Å². The zero-order chi connectivity index (χ0) is 19.9. The number of benzene rings is 2. The van der Waals surface area contributed by atoms with Crippen molar-refractivity contribution < 1.29 is 14.3 Å². The van der Waals surface area contributed by atoms with Gasteiger partial charge in [0.25, 0.3) is 11.1 Å². The second-order valence-electron chi connectivity index (χ2n) is 6.74. The Morgan fingerprint density at radius 3 is 2.71 bits per heavy atom. The van der Waals surface area contributed by atoms with Crippen LogP contribution in [-0.2, 0) is 6.42 Å². The maximum Gasteiger partial charge on any atom is 0.298 e. The molecule has 7 heteroatoms. The molecule has 0 bridgehead atoms. The van der Waals surface area contributed by atoms with Crippen LogP contribution in [0.3, 0.4) is 0 Å². The number of amides is 1. The number of ether oxygens (including phenoxy) is 2. The topological polar surface area (TPSA) is 73.3 Å². The molecule has 1 amide bonds. The van der Waals surface area contributed by atoms with E-state index < -0.39 is 0 Å². The van der Waals surface area contributed by atoms with Crippen LogP contribution >= 0.6 is 11.5 Å². The third-order valence-corrected chi connectivity index (χ3v) is 4.55. The second kappa shape index (κ2) is 9.32. The van der Waals surface area contributed by atoms with Crippen molar-refractivity contribution in [3.05, 3.63) is 65.5 Å². The summed E-state index contributed by atoms with van der Waals surface area (Å²) in [5.41, 5.74) is 1.62. The molecule has 3 rings (SSSR count). The van der Waals surface area contributed by atoms with E-state index in [2.05, 4.69) is 28.5 Å². The highest BCUT2D eigenvalue weighted by Gasteiger charge is 2.11. The number of aromatic nitrogens is 2. The normalized spacial score (nSPS) is 10.7. The Hall–Kier alpha value is -2.93. The minimum atomic E-state index is -0.116. The molecule has 0 spiro atoms. The van der Waals surface area contributed by atoms with Gasteiger partial charge in [0.1, 0.15) is 11.5 Å². The molecule has 0 radical (unpaired) electrons. The van der Waals surface area contributed by atoms with Crippen molar-refractivity contribution in [1.29, 1.82) is 0 Å². The fourth-order valence-electron chi connectivity index (χ4n) is 2.52. The maximum atomic E-state index is 12.2. The Morgan fingerprint density at radius 1 is 1.14 bits per heavy atom. The van der Waals surface area contributed by atoms with Crippen LogP contribution in [0.15, 0.2) is 48.5 Å². The van der Waals surface area contributed by atoms with Crippen LogP contribution in [-0.4, -0.2) is 28.9 Å². The predicted octanol–water partition coefficient (Wildman–Crippen LogP) is 4.32. The van der Waals surface area contributed by atoms with Crippen LogP contribution in [0.1, 0.15) is 35.6 Å². The van der Waals surface area contributed by atoms with Crippen LogP contribution in [0.2, 0.25) is 0 Å². The van der Waals surface area contributed by atoms with E-state index in [1.807, 2.05) is 24.3 Å². The number of nitrogens with zero attached hydrogens (tertiary/aromatic N) is 2. The van der Waals surface area contributed by atoms with Crippen LogP contribution in [0.4, 0.5) is 0 Å². The summed E-state index contributed by atoms with van der Waals surface area (Å²) in [4.78, 5) is 16.6. The van der Waals surface area contributed by atoms with E-state index in [0.717, 1.165) is 11.3 Å². The summed E-state index contributed by atoms with van der Waals surface area (Å²) in [6.07, 6.45) is 0.592. The molecule has 1 heterocycles. The number of methoxy groups -OCH3 is 1. The average molecular weight is 398 g/mol. The van der Waals surface area contributed by atoms with Crippen molar-refractivity contribution in [2.75, 3.05) is 13.7 Å². The van der Waals surface area contributed by atoms with E-state index in [1.165, 1.54) is 11.5 Å². The summed E-state index contributed by atoms with van der Waals surface area (Å²) in [6, 6.07) is 14.9. The molecular formula is C21H23N3O3S. The molecule has 1 N–H and O–H groups in total. The lowest BCUT2D eigenvalue weighted by molar-refractivity contribution is 0.0948. The fourth-order valence-corrected chi connectivity index (χ4v) is 3.09. The van der Waals surface area contributed by atoms with Crippen molar-refractivity contribution in [3.8, 4) is 16.7 Å². The minimum absolute atomic E-state index is 0.116. The third-order valence-electron chi connectivity index (χ3n) is 3.92. The lowest BCUT2D eigenvalue weighted by atomic mass is 10.1. The zero-order valence-electron chi connectivity index (χ0n) is 16.1. The van der Waals surface area contributed by atoms with Crippen LogP contribution in [0.25, 0.3) is 0 Å². The van der Waals surface area contributed by atoms with E-state index in [-0.39, 0.29) is 5.91 Å². The van der Waals surface area contributed by atoms with Gasteiger partial charge in [0.2, 0.25) is 0 Å². The number of hydrogen-bond donors (Lipinski definition) is 1. The van der Waals surface area contributed by atoms with Crippen LogP contribution in [0, 0.1) is 5.92 Å². The van der Waals surface area contributed by atoms with Gasteiger partial charge in [-0.15, -0.1) is 0 Å².